The predicted octanol–water partition coefficient (Wildman–Crippen LogP) is 3.95. The molecule has 0 bridgehead atoms. The van der Waals surface area contributed by atoms with Gasteiger partial charge in [-0.05, 0) is 36.5 Å². The van der Waals surface area contributed by atoms with E-state index in [0.29, 0.717) is 10.4 Å². The van der Waals surface area contributed by atoms with Crippen molar-refractivity contribution in [1.82, 2.24) is 14.8 Å². The van der Waals surface area contributed by atoms with Gasteiger partial charge in [0.05, 0.1) is 11.8 Å². The lowest BCUT2D eigenvalue weighted by atomic mass is 10.2. The van der Waals surface area contributed by atoms with Crippen molar-refractivity contribution in [3.63, 3.8) is 0 Å². The van der Waals surface area contributed by atoms with Crippen molar-refractivity contribution in [2.45, 2.75) is 6.18 Å². The van der Waals surface area contributed by atoms with Gasteiger partial charge >= 0.3 is 6.18 Å². The fourth-order valence-electron chi connectivity index (χ4n) is 2.62. The number of anilines is 1. The average Bonchev–Trinajstić information content (AvgIpc) is 3.08. The Hall–Kier alpha value is -3.89. The van der Waals surface area contributed by atoms with Crippen molar-refractivity contribution in [1.29, 1.82) is 0 Å². The Bertz CT molecular complexity index is 1110. The first-order valence-electron chi connectivity index (χ1n) is 8.42. The monoisotopic (exact) mass is 421 g/mol. The maximum absolute atomic E-state index is 14.4. The molecule has 11 heteroatoms. The van der Waals surface area contributed by atoms with Gasteiger partial charge in [-0.3, -0.25) is 14.5 Å². The van der Waals surface area contributed by atoms with Gasteiger partial charge in [-0.2, -0.15) is 18.3 Å². The van der Waals surface area contributed by atoms with E-state index in [1.165, 1.54) is 30.6 Å². The van der Waals surface area contributed by atoms with Crippen LogP contribution >= 0.6 is 0 Å². The number of nitrogens with zero attached hydrogens (tertiary/aromatic N) is 3. The number of pyridine rings is 1. The zero-order valence-corrected chi connectivity index (χ0v) is 15.4. The summed E-state index contributed by atoms with van der Waals surface area (Å²) in [6, 6.07) is 6.57. The van der Waals surface area contributed by atoms with E-state index in [1.807, 2.05) is 0 Å². The third-order valence-corrected chi connectivity index (χ3v) is 3.92. The summed E-state index contributed by atoms with van der Waals surface area (Å²) in [4.78, 5) is 16.3. The number of halogens is 4. The summed E-state index contributed by atoms with van der Waals surface area (Å²) in [5.74, 6) is -1.86. The summed E-state index contributed by atoms with van der Waals surface area (Å²) in [5, 5.41) is 5.69. The van der Waals surface area contributed by atoms with E-state index in [-0.39, 0.29) is 17.2 Å². The molecular formula is C19H15F4N5O2. The van der Waals surface area contributed by atoms with E-state index in [1.54, 1.807) is 12.1 Å². The van der Waals surface area contributed by atoms with Crippen LogP contribution in [0.5, 0.6) is 11.5 Å². The number of ether oxygens (including phenoxy) is 1. The highest BCUT2D eigenvalue weighted by molar-refractivity contribution is 6.05. The number of aryl methyl sites for hydroxylation is 1. The molecule has 2 aromatic heterocycles. The molecule has 0 spiro atoms. The topological polar surface area (TPSA) is 95.1 Å². The fraction of sp³-hybridized carbons (Fsp3) is 0.105. The fourth-order valence-corrected chi connectivity index (χ4v) is 2.62. The van der Waals surface area contributed by atoms with Gasteiger partial charge < -0.3 is 15.8 Å². The Morgan fingerprint density at radius 1 is 1.27 bits per heavy atom. The van der Waals surface area contributed by atoms with Crippen LogP contribution in [0.2, 0.25) is 0 Å². The van der Waals surface area contributed by atoms with Crippen LogP contribution in [0.15, 0.2) is 48.9 Å². The number of amides is 1. The minimum atomic E-state index is -4.78. The Labute approximate surface area is 167 Å². The Balaban J connectivity index is 1.81. The molecule has 0 saturated heterocycles. The van der Waals surface area contributed by atoms with Gasteiger partial charge in [0.15, 0.2) is 23.0 Å². The van der Waals surface area contributed by atoms with Gasteiger partial charge in [0, 0.05) is 25.0 Å². The SMILES string of the molecule is Cn1ncc(C(=O)Nc2ccc(Oc3cccnc3C=CN)c(F)c2)c1C(F)(F)F. The molecule has 3 aromatic rings. The van der Waals surface area contributed by atoms with E-state index in [4.69, 9.17) is 10.5 Å². The lowest BCUT2D eigenvalue weighted by Crippen LogP contribution is -2.20. The molecule has 0 aliphatic carbocycles. The van der Waals surface area contributed by atoms with E-state index in [0.717, 1.165) is 19.3 Å². The minimum absolute atomic E-state index is 0.0601. The molecule has 0 fully saturated rings. The van der Waals surface area contributed by atoms with Gasteiger partial charge in [0.25, 0.3) is 5.91 Å². The van der Waals surface area contributed by atoms with Crippen LogP contribution in [0.25, 0.3) is 6.08 Å². The Morgan fingerprint density at radius 2 is 2.03 bits per heavy atom. The lowest BCUT2D eigenvalue weighted by Gasteiger charge is -2.12. The molecule has 3 N–H and O–H groups in total. The van der Waals surface area contributed by atoms with Crippen molar-refractivity contribution < 1.29 is 27.1 Å². The summed E-state index contributed by atoms with van der Waals surface area (Å²) < 4.78 is 59.8. The molecule has 3 rings (SSSR count). The standard InChI is InChI=1S/C19H15F4N5O2/c1-28-17(19(21,22)23)12(10-26-28)18(29)27-11-4-5-15(13(20)9-11)30-16-3-2-8-25-14(16)6-7-24/h2-10H,24H2,1H3,(H,27,29). The molecular weight excluding hydrogens is 406 g/mol. The van der Waals surface area contributed by atoms with E-state index in [2.05, 4.69) is 15.4 Å². The molecule has 2 heterocycles. The van der Waals surface area contributed by atoms with Crippen molar-refractivity contribution in [2.24, 2.45) is 12.8 Å². The molecule has 0 aliphatic rings. The van der Waals surface area contributed by atoms with Crippen molar-refractivity contribution in [3.8, 4) is 11.5 Å². The van der Waals surface area contributed by atoms with Gasteiger partial charge in [-0.1, -0.05) is 0 Å². The molecule has 0 aliphatic heterocycles. The van der Waals surface area contributed by atoms with Gasteiger partial charge in [-0.25, -0.2) is 4.39 Å². The highest BCUT2D eigenvalue weighted by Crippen LogP contribution is 2.32. The normalized spacial score (nSPS) is 11.6. The number of alkyl halides is 3. The molecule has 0 radical (unpaired) electrons. The largest absolute Gasteiger partial charge is 0.452 e. The van der Waals surface area contributed by atoms with E-state index < -0.39 is 29.2 Å². The van der Waals surface area contributed by atoms with Crippen LogP contribution in [0.3, 0.4) is 0 Å². The van der Waals surface area contributed by atoms with Crippen LogP contribution in [-0.2, 0) is 13.2 Å². The summed E-state index contributed by atoms with van der Waals surface area (Å²) in [7, 11) is 1.07. The van der Waals surface area contributed by atoms with Crippen LogP contribution in [0.4, 0.5) is 23.2 Å². The summed E-state index contributed by atoms with van der Waals surface area (Å²) in [5.41, 5.74) is 3.76. The van der Waals surface area contributed by atoms with Crippen molar-refractivity contribution >= 4 is 17.7 Å². The zero-order chi connectivity index (χ0) is 21.9. The van der Waals surface area contributed by atoms with Gasteiger partial charge in [0.2, 0.25) is 0 Å². The van der Waals surface area contributed by atoms with Crippen LogP contribution < -0.4 is 15.8 Å². The van der Waals surface area contributed by atoms with Gasteiger partial charge in [-0.15, -0.1) is 0 Å². The molecule has 156 valence electrons. The Kier molecular flexibility index (Phi) is 5.72. The molecule has 0 atom stereocenters. The first kappa shape index (κ1) is 20.8. The van der Waals surface area contributed by atoms with Gasteiger partial charge in [0.1, 0.15) is 5.69 Å². The summed E-state index contributed by atoms with van der Waals surface area (Å²) in [6.07, 6.45) is 0.234. The van der Waals surface area contributed by atoms with E-state index >= 15 is 0 Å². The number of rotatable bonds is 5. The third kappa shape index (κ3) is 4.40. The number of benzene rings is 1. The zero-order valence-electron chi connectivity index (χ0n) is 15.4. The average molecular weight is 421 g/mol. The number of carbonyl (C=O) groups excluding carboxylic acids is 1. The number of aromatic nitrogens is 3. The van der Waals surface area contributed by atoms with E-state index in [9.17, 15) is 22.4 Å². The minimum Gasteiger partial charge on any atom is -0.452 e. The number of carbonyl (C=O) groups is 1. The second-order valence-electron chi connectivity index (χ2n) is 5.98. The molecule has 1 aromatic carbocycles. The maximum atomic E-state index is 14.4. The van der Waals surface area contributed by atoms with Crippen molar-refractivity contribution in [3.05, 3.63) is 71.7 Å². The highest BCUT2D eigenvalue weighted by atomic mass is 19.4. The Morgan fingerprint density at radius 3 is 2.70 bits per heavy atom. The molecule has 1 amide bonds. The molecule has 30 heavy (non-hydrogen) atoms. The second-order valence-corrected chi connectivity index (χ2v) is 5.98. The van der Waals surface area contributed by atoms with Crippen molar-refractivity contribution in [2.75, 3.05) is 5.32 Å². The summed E-state index contributed by atoms with van der Waals surface area (Å²) >= 11 is 0. The highest BCUT2D eigenvalue weighted by Gasteiger charge is 2.39. The molecule has 0 saturated carbocycles. The predicted molar refractivity (Wildman–Crippen MR) is 100 cm³/mol. The first-order chi connectivity index (χ1) is 14.2. The number of hydrogen-bond donors (Lipinski definition) is 2. The number of nitrogens with one attached hydrogen (secondary N) is 1. The quantitative estimate of drug-likeness (QED) is 0.609. The lowest BCUT2D eigenvalue weighted by molar-refractivity contribution is -0.144. The molecule has 7 nitrogen and oxygen atoms in total. The second kappa shape index (κ2) is 8.23. The molecule has 0 unspecified atom stereocenters. The van der Waals surface area contributed by atoms with Crippen LogP contribution in [0.1, 0.15) is 21.7 Å². The van der Waals surface area contributed by atoms with Crippen LogP contribution in [-0.4, -0.2) is 20.7 Å². The third-order valence-electron chi connectivity index (χ3n) is 3.92. The first-order valence-corrected chi connectivity index (χ1v) is 8.42. The summed E-state index contributed by atoms with van der Waals surface area (Å²) in [6.45, 7) is 0. The number of nitrogens with two attached hydrogens (primary N) is 1. The van der Waals surface area contributed by atoms with Crippen LogP contribution in [0, 0.1) is 5.82 Å². The number of hydrogen-bond acceptors (Lipinski definition) is 5. The maximum Gasteiger partial charge on any atom is 0.433 e. The smallest absolute Gasteiger partial charge is 0.433 e.